The largest absolute Gasteiger partial charge is 0.342 e. The van der Waals surface area contributed by atoms with Gasteiger partial charge in [-0.1, -0.05) is 20.8 Å². The Balaban J connectivity index is 4.32. The minimum Gasteiger partial charge on any atom is -0.342 e. The monoisotopic (exact) mass is 253 g/mol. The van der Waals surface area contributed by atoms with Gasteiger partial charge in [0.1, 0.15) is 0 Å². The van der Waals surface area contributed by atoms with Crippen molar-refractivity contribution in [2.75, 3.05) is 13.1 Å². The van der Waals surface area contributed by atoms with Crippen LogP contribution in [-0.2, 0) is 4.79 Å². The van der Waals surface area contributed by atoms with Crippen molar-refractivity contribution in [3.05, 3.63) is 0 Å². The van der Waals surface area contributed by atoms with Gasteiger partial charge in [-0.2, -0.15) is 5.26 Å². The van der Waals surface area contributed by atoms with Crippen molar-refractivity contribution in [1.29, 1.82) is 5.26 Å². The molecule has 0 radical (unpaired) electrons. The topological polar surface area (TPSA) is 70.1 Å². The van der Waals surface area contributed by atoms with Gasteiger partial charge < -0.3 is 10.6 Å². The molecule has 0 aromatic rings. The van der Waals surface area contributed by atoms with Crippen molar-refractivity contribution >= 4 is 5.91 Å². The lowest BCUT2D eigenvalue weighted by Crippen LogP contribution is -2.39. The smallest absolute Gasteiger partial charge is 0.224 e. The van der Waals surface area contributed by atoms with Gasteiger partial charge in [0.25, 0.3) is 0 Å². The third-order valence-electron chi connectivity index (χ3n) is 2.76. The van der Waals surface area contributed by atoms with E-state index in [1.165, 1.54) is 0 Å². The number of rotatable bonds is 6. The number of nitriles is 1. The van der Waals surface area contributed by atoms with Crippen LogP contribution in [0, 0.1) is 22.7 Å². The number of amides is 1. The lowest BCUT2D eigenvalue weighted by atomic mass is 9.87. The van der Waals surface area contributed by atoms with Crippen molar-refractivity contribution in [2.24, 2.45) is 17.1 Å². The van der Waals surface area contributed by atoms with Crippen LogP contribution in [0.25, 0.3) is 0 Å². The second-order valence-corrected chi connectivity index (χ2v) is 6.19. The van der Waals surface area contributed by atoms with Crippen LogP contribution in [0.4, 0.5) is 0 Å². The number of carbonyl (C=O) groups is 1. The van der Waals surface area contributed by atoms with Crippen LogP contribution in [0.1, 0.15) is 47.5 Å². The predicted molar refractivity (Wildman–Crippen MR) is 73.7 cm³/mol. The quantitative estimate of drug-likeness (QED) is 0.788. The van der Waals surface area contributed by atoms with Crippen LogP contribution in [0.5, 0.6) is 0 Å². The molecule has 0 aliphatic rings. The Hall–Kier alpha value is -1.08. The van der Waals surface area contributed by atoms with Crippen LogP contribution in [-0.4, -0.2) is 29.9 Å². The molecule has 0 rings (SSSR count). The summed E-state index contributed by atoms with van der Waals surface area (Å²) < 4.78 is 0. The van der Waals surface area contributed by atoms with E-state index in [4.69, 9.17) is 11.0 Å². The Morgan fingerprint density at radius 1 is 1.44 bits per heavy atom. The third kappa shape index (κ3) is 7.29. The molecule has 0 saturated heterocycles. The summed E-state index contributed by atoms with van der Waals surface area (Å²) in [4.78, 5) is 13.8. The highest BCUT2D eigenvalue weighted by Crippen LogP contribution is 2.21. The summed E-state index contributed by atoms with van der Waals surface area (Å²) in [5.41, 5.74) is 6.14. The summed E-state index contributed by atoms with van der Waals surface area (Å²) >= 11 is 0. The maximum atomic E-state index is 12.1. The predicted octanol–water partition coefficient (Wildman–Crippen LogP) is 2.15. The van der Waals surface area contributed by atoms with Gasteiger partial charge in [-0.05, 0) is 25.7 Å². The average molecular weight is 253 g/mol. The normalized spacial score (nSPS) is 14.7. The van der Waals surface area contributed by atoms with Crippen molar-refractivity contribution in [1.82, 2.24) is 4.90 Å². The molecule has 0 aromatic carbocycles. The van der Waals surface area contributed by atoms with Crippen molar-refractivity contribution in [3.63, 3.8) is 0 Å². The van der Waals surface area contributed by atoms with Gasteiger partial charge in [0.15, 0.2) is 0 Å². The summed E-state index contributed by atoms with van der Waals surface area (Å²) in [7, 11) is 0. The molecule has 2 unspecified atom stereocenters. The van der Waals surface area contributed by atoms with Gasteiger partial charge in [-0.3, -0.25) is 4.79 Å². The summed E-state index contributed by atoms with van der Waals surface area (Å²) in [5, 5.41) is 8.78. The number of nitrogens with two attached hydrogens (primary N) is 1. The van der Waals surface area contributed by atoms with E-state index < -0.39 is 0 Å². The molecule has 2 atom stereocenters. The molecule has 0 heterocycles. The minimum absolute atomic E-state index is 0.0522. The number of hydrogen-bond donors (Lipinski definition) is 1. The zero-order chi connectivity index (χ0) is 14.3. The first-order valence-electron chi connectivity index (χ1n) is 6.62. The molecular weight excluding hydrogens is 226 g/mol. The summed E-state index contributed by atoms with van der Waals surface area (Å²) in [6, 6.07) is 2.04. The summed E-state index contributed by atoms with van der Waals surface area (Å²) in [6.45, 7) is 11.2. The van der Waals surface area contributed by atoms with Crippen LogP contribution in [0.15, 0.2) is 0 Å². The second-order valence-electron chi connectivity index (χ2n) is 6.19. The van der Waals surface area contributed by atoms with E-state index in [1.54, 1.807) is 4.90 Å². The molecule has 0 aromatic heterocycles. The van der Waals surface area contributed by atoms with E-state index >= 15 is 0 Å². The molecule has 0 spiro atoms. The Labute approximate surface area is 111 Å². The van der Waals surface area contributed by atoms with E-state index in [-0.39, 0.29) is 23.3 Å². The standard InChI is InChI=1S/C14H27N3O/c1-6-17(10-11(2)9-15)13(18)7-12(16)8-14(3,4)5/h11-12H,6-8,10,16H2,1-5H3. The first kappa shape index (κ1) is 16.9. The molecule has 0 fully saturated rings. The van der Waals surface area contributed by atoms with Gasteiger partial charge in [0.05, 0.1) is 12.0 Å². The molecular formula is C14H27N3O. The van der Waals surface area contributed by atoms with Gasteiger partial charge in [0, 0.05) is 25.6 Å². The van der Waals surface area contributed by atoms with Gasteiger partial charge >= 0.3 is 0 Å². The van der Waals surface area contributed by atoms with Crippen LogP contribution in [0.3, 0.4) is 0 Å². The fourth-order valence-electron chi connectivity index (χ4n) is 1.99. The molecule has 0 saturated carbocycles. The Bertz CT molecular complexity index is 301. The zero-order valence-electron chi connectivity index (χ0n) is 12.4. The van der Waals surface area contributed by atoms with E-state index in [2.05, 4.69) is 26.8 Å². The number of nitrogens with zero attached hydrogens (tertiary/aromatic N) is 2. The Morgan fingerprint density at radius 3 is 2.39 bits per heavy atom. The molecule has 0 aliphatic heterocycles. The Morgan fingerprint density at radius 2 is 2.00 bits per heavy atom. The Kier molecular flexibility index (Phi) is 6.93. The molecule has 1 amide bonds. The zero-order valence-corrected chi connectivity index (χ0v) is 12.4. The van der Waals surface area contributed by atoms with Crippen molar-refractivity contribution in [3.8, 4) is 6.07 Å². The molecule has 4 nitrogen and oxygen atoms in total. The summed E-state index contributed by atoms with van der Waals surface area (Å²) in [5.74, 6) is -0.0795. The highest BCUT2D eigenvalue weighted by atomic mass is 16.2. The van der Waals surface area contributed by atoms with Gasteiger partial charge in [-0.15, -0.1) is 0 Å². The molecule has 18 heavy (non-hydrogen) atoms. The van der Waals surface area contributed by atoms with Crippen LogP contribution < -0.4 is 5.73 Å². The molecule has 0 aliphatic carbocycles. The highest BCUT2D eigenvalue weighted by molar-refractivity contribution is 5.76. The lowest BCUT2D eigenvalue weighted by molar-refractivity contribution is -0.131. The van der Waals surface area contributed by atoms with E-state index in [9.17, 15) is 4.79 Å². The number of carbonyl (C=O) groups excluding carboxylic acids is 1. The first-order chi connectivity index (χ1) is 8.19. The summed E-state index contributed by atoms with van der Waals surface area (Å²) in [6.07, 6.45) is 1.19. The SMILES string of the molecule is CCN(CC(C)C#N)C(=O)CC(N)CC(C)(C)C. The van der Waals surface area contributed by atoms with E-state index in [0.29, 0.717) is 19.5 Å². The molecule has 104 valence electrons. The van der Waals surface area contributed by atoms with Gasteiger partial charge in [-0.25, -0.2) is 0 Å². The number of hydrogen-bond acceptors (Lipinski definition) is 3. The fraction of sp³-hybridized carbons (Fsp3) is 0.857. The second kappa shape index (κ2) is 7.38. The lowest BCUT2D eigenvalue weighted by Gasteiger charge is -2.26. The maximum Gasteiger partial charge on any atom is 0.224 e. The van der Waals surface area contributed by atoms with Crippen molar-refractivity contribution in [2.45, 2.75) is 53.5 Å². The first-order valence-corrected chi connectivity index (χ1v) is 6.62. The van der Waals surface area contributed by atoms with Crippen molar-refractivity contribution < 1.29 is 4.79 Å². The fourth-order valence-corrected chi connectivity index (χ4v) is 1.99. The van der Waals surface area contributed by atoms with Crippen LogP contribution >= 0.6 is 0 Å². The molecule has 4 heteroatoms. The minimum atomic E-state index is -0.132. The van der Waals surface area contributed by atoms with E-state index in [0.717, 1.165) is 6.42 Å². The van der Waals surface area contributed by atoms with E-state index in [1.807, 2.05) is 13.8 Å². The van der Waals surface area contributed by atoms with Gasteiger partial charge in [0.2, 0.25) is 5.91 Å². The maximum absolute atomic E-state index is 12.1. The highest BCUT2D eigenvalue weighted by Gasteiger charge is 2.21. The van der Waals surface area contributed by atoms with Crippen LogP contribution in [0.2, 0.25) is 0 Å². The third-order valence-corrected chi connectivity index (χ3v) is 2.76. The average Bonchev–Trinajstić information content (AvgIpc) is 2.22. The molecule has 0 bridgehead atoms. The molecule has 2 N–H and O–H groups in total.